The van der Waals surface area contributed by atoms with Gasteiger partial charge in [0.2, 0.25) is 10.0 Å². The van der Waals surface area contributed by atoms with Crippen molar-refractivity contribution in [3.05, 3.63) is 58.1 Å². The summed E-state index contributed by atoms with van der Waals surface area (Å²) < 4.78 is 54.4. The highest BCUT2D eigenvalue weighted by Crippen LogP contribution is 2.27. The molecule has 1 fully saturated rings. The number of sulfonamides is 1. The molecule has 2 N–H and O–H groups in total. The smallest absolute Gasteiger partial charge is 0.255 e. The maximum atomic E-state index is 13.5. The van der Waals surface area contributed by atoms with Crippen LogP contribution < -0.4 is 5.32 Å². The van der Waals surface area contributed by atoms with Crippen molar-refractivity contribution in [2.45, 2.75) is 31.3 Å². The number of anilines is 1. The summed E-state index contributed by atoms with van der Waals surface area (Å²) in [7, 11) is -3.89. The number of aliphatic hydroxyl groups excluding tert-OH is 1. The molecule has 1 saturated heterocycles. The van der Waals surface area contributed by atoms with Crippen LogP contribution in [0.2, 0.25) is 5.02 Å². The summed E-state index contributed by atoms with van der Waals surface area (Å²) in [5.41, 5.74) is 0.430. The van der Waals surface area contributed by atoms with Crippen LogP contribution in [0, 0.1) is 24.5 Å². The molecule has 2 aromatic rings. The summed E-state index contributed by atoms with van der Waals surface area (Å²) in [6.07, 6.45) is -0.228. The molecule has 2 aromatic carbocycles. The number of hydrogen-bond acceptors (Lipinski definition) is 4. The van der Waals surface area contributed by atoms with Gasteiger partial charge < -0.3 is 10.4 Å². The number of nitrogens with one attached hydrogen (secondary N) is 1. The van der Waals surface area contributed by atoms with Gasteiger partial charge in [0, 0.05) is 30.4 Å². The zero-order valence-electron chi connectivity index (χ0n) is 16.3. The maximum Gasteiger partial charge on any atom is 0.255 e. The predicted octanol–water partition coefficient (Wildman–Crippen LogP) is 3.57. The number of nitrogens with zero attached hydrogens (tertiary/aromatic N) is 1. The second kappa shape index (κ2) is 8.58. The van der Waals surface area contributed by atoms with Gasteiger partial charge >= 0.3 is 0 Å². The van der Waals surface area contributed by atoms with Crippen LogP contribution in [0.25, 0.3) is 0 Å². The Balaban J connectivity index is 1.88. The topological polar surface area (TPSA) is 86.7 Å². The van der Waals surface area contributed by atoms with E-state index < -0.39 is 38.7 Å². The quantitative estimate of drug-likeness (QED) is 0.686. The van der Waals surface area contributed by atoms with Crippen molar-refractivity contribution in [2.75, 3.05) is 18.4 Å². The van der Waals surface area contributed by atoms with Crippen molar-refractivity contribution >= 4 is 33.2 Å². The van der Waals surface area contributed by atoms with Crippen molar-refractivity contribution in [2.24, 2.45) is 5.92 Å². The predicted molar refractivity (Wildman–Crippen MR) is 109 cm³/mol. The van der Waals surface area contributed by atoms with Gasteiger partial charge in [0.15, 0.2) is 11.6 Å². The lowest BCUT2D eigenvalue weighted by Crippen LogP contribution is -2.45. The summed E-state index contributed by atoms with van der Waals surface area (Å²) in [6, 6.07) is 6.03. The number of carbonyl (C=O) groups excluding carboxylic acids is 1. The van der Waals surface area contributed by atoms with E-state index in [4.69, 9.17) is 11.6 Å². The summed E-state index contributed by atoms with van der Waals surface area (Å²) in [6.45, 7) is 3.74. The summed E-state index contributed by atoms with van der Waals surface area (Å²) >= 11 is 5.59. The van der Waals surface area contributed by atoms with E-state index in [1.807, 2.05) is 0 Å². The van der Waals surface area contributed by atoms with Gasteiger partial charge in [0.05, 0.1) is 16.0 Å². The van der Waals surface area contributed by atoms with Crippen molar-refractivity contribution in [3.63, 3.8) is 0 Å². The van der Waals surface area contributed by atoms with Crippen LogP contribution in [0.5, 0.6) is 0 Å². The van der Waals surface area contributed by atoms with Gasteiger partial charge in [-0.25, -0.2) is 17.2 Å². The molecule has 1 aliphatic rings. The third kappa shape index (κ3) is 4.49. The molecule has 10 heteroatoms. The van der Waals surface area contributed by atoms with Crippen LogP contribution in [-0.2, 0) is 10.0 Å². The van der Waals surface area contributed by atoms with Crippen LogP contribution in [0.1, 0.15) is 29.3 Å². The van der Waals surface area contributed by atoms with Gasteiger partial charge in [-0.1, -0.05) is 24.6 Å². The van der Waals surface area contributed by atoms with E-state index >= 15 is 0 Å². The molecule has 0 saturated carbocycles. The average Bonchev–Trinajstić information content (AvgIpc) is 2.68. The first-order valence-electron chi connectivity index (χ1n) is 9.25. The minimum Gasteiger partial charge on any atom is -0.393 e. The van der Waals surface area contributed by atoms with Crippen molar-refractivity contribution in [1.29, 1.82) is 0 Å². The van der Waals surface area contributed by atoms with Crippen LogP contribution >= 0.6 is 11.6 Å². The Hall–Kier alpha value is -2.07. The van der Waals surface area contributed by atoms with Gasteiger partial charge in [-0.05, 0) is 43.0 Å². The number of rotatable bonds is 4. The van der Waals surface area contributed by atoms with Gasteiger partial charge in [-0.2, -0.15) is 4.31 Å². The largest absolute Gasteiger partial charge is 0.393 e. The molecule has 0 aliphatic carbocycles. The maximum absolute atomic E-state index is 13.5. The number of aliphatic hydroxyl groups is 1. The number of carbonyl (C=O) groups is 1. The third-order valence-electron chi connectivity index (χ3n) is 5.13. The van der Waals surface area contributed by atoms with Crippen molar-refractivity contribution in [3.8, 4) is 0 Å². The molecule has 162 valence electrons. The summed E-state index contributed by atoms with van der Waals surface area (Å²) in [5.74, 6) is -3.35. The molecule has 0 spiro atoms. The number of aryl methyl sites for hydroxylation is 1. The first kappa shape index (κ1) is 22.6. The molecular weight excluding hydrogens is 438 g/mol. The number of amides is 1. The van der Waals surface area contributed by atoms with Gasteiger partial charge in [0.25, 0.3) is 5.91 Å². The number of hydrogen-bond donors (Lipinski definition) is 2. The molecular formula is C20H21ClF2N2O4S. The van der Waals surface area contributed by atoms with Gasteiger partial charge in [0.1, 0.15) is 0 Å². The fourth-order valence-corrected chi connectivity index (χ4v) is 5.32. The molecule has 0 aromatic heterocycles. The number of piperidine rings is 1. The van der Waals surface area contributed by atoms with E-state index in [0.29, 0.717) is 12.0 Å². The van der Waals surface area contributed by atoms with Gasteiger partial charge in [-0.3, -0.25) is 4.79 Å². The van der Waals surface area contributed by atoms with Crippen LogP contribution in [0.15, 0.2) is 35.2 Å². The third-order valence-corrected chi connectivity index (χ3v) is 7.41. The average molecular weight is 459 g/mol. The Morgan fingerprint density at radius 3 is 2.60 bits per heavy atom. The monoisotopic (exact) mass is 458 g/mol. The normalized spacial score (nSPS) is 20.2. The Kier molecular flexibility index (Phi) is 6.47. The van der Waals surface area contributed by atoms with Crippen LogP contribution in [-0.4, -0.2) is 42.9 Å². The summed E-state index contributed by atoms with van der Waals surface area (Å²) in [4.78, 5) is 12.5. The van der Waals surface area contributed by atoms with E-state index in [1.54, 1.807) is 13.8 Å². The molecule has 0 radical (unpaired) electrons. The zero-order chi connectivity index (χ0) is 22.2. The molecule has 3 rings (SSSR count). The minimum absolute atomic E-state index is 0.0259. The van der Waals surface area contributed by atoms with E-state index in [9.17, 15) is 27.1 Å². The van der Waals surface area contributed by atoms with Crippen molar-refractivity contribution in [1.82, 2.24) is 4.31 Å². The highest BCUT2D eigenvalue weighted by Gasteiger charge is 2.33. The number of benzene rings is 2. The van der Waals surface area contributed by atoms with E-state index in [1.165, 1.54) is 22.5 Å². The van der Waals surface area contributed by atoms with E-state index in [0.717, 1.165) is 12.1 Å². The molecule has 1 aliphatic heterocycles. The zero-order valence-corrected chi connectivity index (χ0v) is 17.9. The lowest BCUT2D eigenvalue weighted by atomic mass is 9.99. The summed E-state index contributed by atoms with van der Waals surface area (Å²) in [5, 5.41) is 11.8. The van der Waals surface area contributed by atoms with Crippen molar-refractivity contribution < 1.29 is 27.1 Å². The fourth-order valence-electron chi connectivity index (χ4n) is 3.30. The first-order chi connectivity index (χ1) is 14.0. The molecule has 2 unspecified atom stereocenters. The Morgan fingerprint density at radius 1 is 1.27 bits per heavy atom. The molecule has 2 atom stereocenters. The highest BCUT2D eigenvalue weighted by molar-refractivity contribution is 7.89. The Labute approximate surface area is 178 Å². The standard InChI is InChI=1S/C20H21ClF2N2O4S/c1-11-3-4-13(20(27)24-14-8-15(21)19(23)16(22)9-14)7-18(11)30(28,29)25-6-5-17(26)12(2)10-25/h3-4,7-9,12,17,26H,5-6,10H2,1-2H3,(H,24,27). The van der Waals surface area contributed by atoms with Gasteiger partial charge in [-0.15, -0.1) is 0 Å². The van der Waals surface area contributed by atoms with Crippen LogP contribution in [0.3, 0.4) is 0 Å². The van der Waals surface area contributed by atoms with E-state index in [-0.39, 0.29) is 35.2 Å². The van der Waals surface area contributed by atoms with E-state index in [2.05, 4.69) is 5.32 Å². The minimum atomic E-state index is -3.89. The first-order valence-corrected chi connectivity index (χ1v) is 11.1. The SMILES string of the molecule is Cc1ccc(C(=O)Nc2cc(F)c(F)c(Cl)c2)cc1S(=O)(=O)N1CCC(O)C(C)C1. The van der Waals surface area contributed by atoms with Crippen LogP contribution in [0.4, 0.5) is 14.5 Å². The fraction of sp³-hybridized carbons (Fsp3) is 0.350. The molecule has 1 heterocycles. The molecule has 1 amide bonds. The number of halogens is 3. The Morgan fingerprint density at radius 2 is 1.97 bits per heavy atom. The second-order valence-electron chi connectivity index (χ2n) is 7.38. The second-order valence-corrected chi connectivity index (χ2v) is 9.70. The Bertz CT molecular complexity index is 1070. The molecule has 30 heavy (non-hydrogen) atoms. The lowest BCUT2D eigenvalue weighted by molar-refractivity contribution is 0.0628. The molecule has 6 nitrogen and oxygen atoms in total. The molecule has 0 bridgehead atoms. The lowest BCUT2D eigenvalue weighted by Gasteiger charge is -2.33. The highest BCUT2D eigenvalue weighted by atomic mass is 35.5.